The Morgan fingerprint density at radius 1 is 1.50 bits per heavy atom. The molecule has 2 aromatic rings. The SMILES string of the molecule is COc1cc(-c2ocnc2CN)ccc1F. The maximum Gasteiger partial charge on any atom is 0.181 e. The predicted octanol–water partition coefficient (Wildman–Crippen LogP) is 1.95. The Kier molecular flexibility index (Phi) is 2.87. The summed E-state index contributed by atoms with van der Waals surface area (Å²) in [6.45, 7) is 0.269. The van der Waals surface area contributed by atoms with Crippen LogP contribution in [0.4, 0.5) is 4.39 Å². The molecule has 84 valence electrons. The molecule has 4 nitrogen and oxygen atoms in total. The molecule has 0 aliphatic rings. The first kappa shape index (κ1) is 10.6. The van der Waals surface area contributed by atoms with E-state index in [4.69, 9.17) is 14.9 Å². The Labute approximate surface area is 91.9 Å². The highest BCUT2D eigenvalue weighted by Crippen LogP contribution is 2.28. The van der Waals surface area contributed by atoms with Crippen LogP contribution in [0, 0.1) is 5.82 Å². The highest BCUT2D eigenvalue weighted by Gasteiger charge is 2.12. The van der Waals surface area contributed by atoms with E-state index in [1.165, 1.54) is 19.6 Å². The lowest BCUT2D eigenvalue weighted by Crippen LogP contribution is -1.98. The van der Waals surface area contributed by atoms with Gasteiger partial charge in [-0.2, -0.15) is 0 Å². The monoisotopic (exact) mass is 222 g/mol. The average molecular weight is 222 g/mol. The Morgan fingerprint density at radius 3 is 3.00 bits per heavy atom. The van der Waals surface area contributed by atoms with Crippen LogP contribution in [0.25, 0.3) is 11.3 Å². The summed E-state index contributed by atoms with van der Waals surface area (Å²) < 4.78 is 23.3. The highest BCUT2D eigenvalue weighted by molar-refractivity contribution is 5.61. The lowest BCUT2D eigenvalue weighted by atomic mass is 10.1. The van der Waals surface area contributed by atoms with Crippen molar-refractivity contribution in [3.63, 3.8) is 0 Å². The van der Waals surface area contributed by atoms with Crippen molar-refractivity contribution in [2.24, 2.45) is 5.73 Å². The average Bonchev–Trinajstić information content (AvgIpc) is 2.78. The van der Waals surface area contributed by atoms with E-state index in [2.05, 4.69) is 4.98 Å². The second-order valence-electron chi connectivity index (χ2n) is 3.18. The molecule has 1 aromatic carbocycles. The number of nitrogens with two attached hydrogens (primary N) is 1. The summed E-state index contributed by atoms with van der Waals surface area (Å²) >= 11 is 0. The van der Waals surface area contributed by atoms with Crippen molar-refractivity contribution in [1.82, 2.24) is 4.98 Å². The lowest BCUT2D eigenvalue weighted by molar-refractivity contribution is 0.386. The number of nitrogens with zero attached hydrogens (tertiary/aromatic N) is 1. The number of oxazole rings is 1. The van der Waals surface area contributed by atoms with Crippen molar-refractivity contribution in [2.45, 2.75) is 6.54 Å². The van der Waals surface area contributed by atoms with Crippen LogP contribution in [0.5, 0.6) is 5.75 Å². The summed E-state index contributed by atoms with van der Waals surface area (Å²) in [7, 11) is 1.41. The third kappa shape index (κ3) is 1.77. The van der Waals surface area contributed by atoms with Gasteiger partial charge in [0.2, 0.25) is 0 Å². The van der Waals surface area contributed by atoms with Gasteiger partial charge in [0.1, 0.15) is 5.69 Å². The Morgan fingerprint density at radius 2 is 2.31 bits per heavy atom. The molecular weight excluding hydrogens is 211 g/mol. The molecule has 1 aromatic heterocycles. The summed E-state index contributed by atoms with van der Waals surface area (Å²) in [5, 5.41) is 0. The third-order valence-corrected chi connectivity index (χ3v) is 2.25. The van der Waals surface area contributed by atoms with Crippen LogP contribution >= 0.6 is 0 Å². The molecule has 0 saturated carbocycles. The summed E-state index contributed by atoms with van der Waals surface area (Å²) in [4.78, 5) is 3.96. The summed E-state index contributed by atoms with van der Waals surface area (Å²) in [5.41, 5.74) is 6.83. The fraction of sp³-hybridized carbons (Fsp3) is 0.182. The largest absolute Gasteiger partial charge is 0.494 e. The smallest absolute Gasteiger partial charge is 0.181 e. The van der Waals surface area contributed by atoms with E-state index in [9.17, 15) is 4.39 Å². The predicted molar refractivity (Wildman–Crippen MR) is 56.3 cm³/mol. The number of hydrogen-bond donors (Lipinski definition) is 1. The summed E-state index contributed by atoms with van der Waals surface area (Å²) in [6.07, 6.45) is 1.31. The molecule has 0 amide bonds. The van der Waals surface area contributed by atoms with Gasteiger partial charge in [-0.3, -0.25) is 0 Å². The summed E-state index contributed by atoms with van der Waals surface area (Å²) in [6, 6.07) is 4.46. The van der Waals surface area contributed by atoms with E-state index < -0.39 is 5.82 Å². The minimum absolute atomic E-state index is 0.164. The van der Waals surface area contributed by atoms with Gasteiger partial charge in [-0.25, -0.2) is 9.37 Å². The van der Waals surface area contributed by atoms with E-state index >= 15 is 0 Å². The van der Waals surface area contributed by atoms with E-state index in [0.29, 0.717) is 17.0 Å². The van der Waals surface area contributed by atoms with Gasteiger partial charge in [0, 0.05) is 12.1 Å². The molecular formula is C11H11FN2O2. The van der Waals surface area contributed by atoms with Gasteiger partial charge in [-0.1, -0.05) is 0 Å². The van der Waals surface area contributed by atoms with Gasteiger partial charge < -0.3 is 14.9 Å². The normalized spacial score (nSPS) is 10.4. The van der Waals surface area contributed by atoms with Crippen molar-refractivity contribution in [3.05, 3.63) is 36.1 Å². The fourth-order valence-corrected chi connectivity index (χ4v) is 1.45. The molecule has 2 rings (SSSR count). The van der Waals surface area contributed by atoms with Gasteiger partial charge in [0.25, 0.3) is 0 Å². The first-order valence-electron chi connectivity index (χ1n) is 4.72. The van der Waals surface area contributed by atoms with Crippen LogP contribution in [0.3, 0.4) is 0 Å². The molecule has 0 aliphatic heterocycles. The van der Waals surface area contributed by atoms with Crippen LogP contribution in [0.2, 0.25) is 0 Å². The Balaban J connectivity index is 2.48. The molecule has 2 N–H and O–H groups in total. The maximum atomic E-state index is 13.2. The second-order valence-corrected chi connectivity index (χ2v) is 3.18. The van der Waals surface area contributed by atoms with Crippen molar-refractivity contribution < 1.29 is 13.5 Å². The van der Waals surface area contributed by atoms with Gasteiger partial charge in [0.05, 0.1) is 7.11 Å². The van der Waals surface area contributed by atoms with Crippen molar-refractivity contribution >= 4 is 0 Å². The first-order chi connectivity index (χ1) is 7.76. The molecule has 1 heterocycles. The summed E-state index contributed by atoms with van der Waals surface area (Å²) in [5.74, 6) is 0.290. The molecule has 0 aliphatic carbocycles. The Bertz CT molecular complexity index is 496. The van der Waals surface area contributed by atoms with Crippen molar-refractivity contribution in [1.29, 1.82) is 0 Å². The number of rotatable bonds is 3. The van der Waals surface area contributed by atoms with Crippen LogP contribution in [-0.2, 0) is 6.54 Å². The first-order valence-corrected chi connectivity index (χ1v) is 4.72. The molecule has 0 fully saturated rings. The third-order valence-electron chi connectivity index (χ3n) is 2.25. The minimum Gasteiger partial charge on any atom is -0.494 e. The highest BCUT2D eigenvalue weighted by atomic mass is 19.1. The molecule has 0 atom stereocenters. The van der Waals surface area contributed by atoms with E-state index in [0.717, 1.165) is 0 Å². The number of methoxy groups -OCH3 is 1. The van der Waals surface area contributed by atoms with E-state index in [1.807, 2.05) is 0 Å². The molecule has 5 heteroatoms. The number of aromatic nitrogens is 1. The van der Waals surface area contributed by atoms with Gasteiger partial charge >= 0.3 is 0 Å². The Hall–Kier alpha value is -1.88. The molecule has 0 unspecified atom stereocenters. The molecule has 0 saturated heterocycles. The zero-order chi connectivity index (χ0) is 11.5. The van der Waals surface area contributed by atoms with Gasteiger partial charge in [0.15, 0.2) is 23.7 Å². The van der Waals surface area contributed by atoms with Crippen LogP contribution in [0.1, 0.15) is 5.69 Å². The number of benzene rings is 1. The quantitative estimate of drug-likeness (QED) is 0.862. The zero-order valence-corrected chi connectivity index (χ0v) is 8.74. The minimum atomic E-state index is -0.417. The lowest BCUT2D eigenvalue weighted by Gasteiger charge is -2.04. The zero-order valence-electron chi connectivity index (χ0n) is 8.74. The van der Waals surface area contributed by atoms with Crippen molar-refractivity contribution in [3.8, 4) is 17.1 Å². The number of ether oxygens (including phenoxy) is 1. The standard InChI is InChI=1S/C11H11FN2O2/c1-15-10-4-7(2-3-8(10)12)11-9(5-13)14-6-16-11/h2-4,6H,5,13H2,1H3. The molecule has 16 heavy (non-hydrogen) atoms. The number of halogens is 1. The van der Waals surface area contributed by atoms with E-state index in [-0.39, 0.29) is 12.3 Å². The molecule has 0 spiro atoms. The maximum absolute atomic E-state index is 13.2. The van der Waals surface area contributed by atoms with E-state index in [1.54, 1.807) is 12.1 Å². The molecule has 0 bridgehead atoms. The van der Waals surface area contributed by atoms with Gasteiger partial charge in [-0.15, -0.1) is 0 Å². The van der Waals surface area contributed by atoms with Gasteiger partial charge in [-0.05, 0) is 18.2 Å². The van der Waals surface area contributed by atoms with Crippen LogP contribution < -0.4 is 10.5 Å². The fourth-order valence-electron chi connectivity index (χ4n) is 1.45. The second kappa shape index (κ2) is 4.32. The topological polar surface area (TPSA) is 61.3 Å². The number of hydrogen-bond acceptors (Lipinski definition) is 4. The van der Waals surface area contributed by atoms with Crippen LogP contribution in [-0.4, -0.2) is 12.1 Å². The molecule has 0 radical (unpaired) electrons. The van der Waals surface area contributed by atoms with Crippen molar-refractivity contribution in [2.75, 3.05) is 7.11 Å². The van der Waals surface area contributed by atoms with Crippen LogP contribution in [0.15, 0.2) is 29.0 Å².